The summed E-state index contributed by atoms with van der Waals surface area (Å²) in [5.74, 6) is 0.147. The van der Waals surface area contributed by atoms with Crippen LogP contribution in [0.1, 0.15) is 21.7 Å². The molecule has 9 nitrogen and oxygen atoms in total. The van der Waals surface area contributed by atoms with Crippen molar-refractivity contribution in [1.29, 1.82) is 0 Å². The van der Waals surface area contributed by atoms with E-state index in [9.17, 15) is 18.0 Å². The first kappa shape index (κ1) is 25.9. The van der Waals surface area contributed by atoms with Gasteiger partial charge in [-0.1, -0.05) is 29.1 Å². The number of halogens is 3. The van der Waals surface area contributed by atoms with Gasteiger partial charge in [0.05, 0.1) is 18.5 Å². The van der Waals surface area contributed by atoms with Crippen LogP contribution in [0.4, 0.5) is 13.2 Å². The van der Waals surface area contributed by atoms with E-state index >= 15 is 0 Å². The SMILES string of the molecule is COc1cccc(CCNC(=O)c2nnn(-c3ccc(OC(F)(F)F)cc3)c2CSc2ncccn2)c1. The third-order valence-corrected chi connectivity index (χ3v) is 5.89. The second kappa shape index (κ2) is 11.7. The van der Waals surface area contributed by atoms with Gasteiger partial charge < -0.3 is 14.8 Å². The van der Waals surface area contributed by atoms with Gasteiger partial charge in [-0.25, -0.2) is 14.6 Å². The number of methoxy groups -OCH3 is 1. The number of hydrogen-bond acceptors (Lipinski definition) is 8. The molecule has 0 atom stereocenters. The lowest BCUT2D eigenvalue weighted by Crippen LogP contribution is -2.27. The van der Waals surface area contributed by atoms with Gasteiger partial charge in [-0.05, 0) is 54.4 Å². The van der Waals surface area contributed by atoms with Crippen LogP contribution in [0.5, 0.6) is 11.5 Å². The van der Waals surface area contributed by atoms with E-state index in [1.807, 2.05) is 24.3 Å². The van der Waals surface area contributed by atoms with Crippen LogP contribution in [0.15, 0.2) is 72.1 Å². The summed E-state index contributed by atoms with van der Waals surface area (Å²) >= 11 is 1.26. The van der Waals surface area contributed by atoms with Crippen molar-refractivity contribution in [2.24, 2.45) is 0 Å². The van der Waals surface area contributed by atoms with E-state index in [2.05, 4.69) is 30.3 Å². The number of ether oxygens (including phenoxy) is 2. The van der Waals surface area contributed by atoms with E-state index in [-0.39, 0.29) is 17.2 Å². The van der Waals surface area contributed by atoms with Crippen LogP contribution in [-0.2, 0) is 12.2 Å². The zero-order chi connectivity index (χ0) is 26.3. The van der Waals surface area contributed by atoms with Gasteiger partial charge in [0.2, 0.25) is 0 Å². The van der Waals surface area contributed by atoms with E-state index in [0.29, 0.717) is 29.5 Å². The van der Waals surface area contributed by atoms with Gasteiger partial charge in [0.25, 0.3) is 5.91 Å². The lowest BCUT2D eigenvalue weighted by molar-refractivity contribution is -0.274. The number of nitrogens with one attached hydrogen (secondary N) is 1. The summed E-state index contributed by atoms with van der Waals surface area (Å²) in [6.07, 6.45) is -1.05. The van der Waals surface area contributed by atoms with Crippen LogP contribution in [0, 0.1) is 0 Å². The normalized spacial score (nSPS) is 11.2. The highest BCUT2D eigenvalue weighted by atomic mass is 32.2. The van der Waals surface area contributed by atoms with Gasteiger partial charge >= 0.3 is 6.36 Å². The largest absolute Gasteiger partial charge is 0.573 e. The Morgan fingerprint density at radius 2 is 1.81 bits per heavy atom. The van der Waals surface area contributed by atoms with Gasteiger partial charge in [-0.15, -0.1) is 18.3 Å². The fourth-order valence-corrected chi connectivity index (χ4v) is 4.12. The second-order valence-electron chi connectivity index (χ2n) is 7.52. The molecule has 0 saturated carbocycles. The molecular weight excluding hydrogens is 509 g/mol. The summed E-state index contributed by atoms with van der Waals surface area (Å²) in [6.45, 7) is 0.344. The summed E-state index contributed by atoms with van der Waals surface area (Å²) < 4.78 is 48.1. The van der Waals surface area contributed by atoms with Crippen molar-refractivity contribution < 1.29 is 27.4 Å². The minimum Gasteiger partial charge on any atom is -0.497 e. The molecular formula is C24H21F3N6O3S. The molecule has 2 aromatic carbocycles. The molecule has 1 N–H and O–H groups in total. The molecule has 37 heavy (non-hydrogen) atoms. The third-order valence-electron chi connectivity index (χ3n) is 5.01. The van der Waals surface area contributed by atoms with Crippen LogP contribution >= 0.6 is 11.8 Å². The average molecular weight is 531 g/mol. The van der Waals surface area contributed by atoms with E-state index in [0.717, 1.165) is 23.4 Å². The Bertz CT molecular complexity index is 1330. The van der Waals surface area contributed by atoms with Crippen molar-refractivity contribution in [2.45, 2.75) is 23.7 Å². The first-order valence-electron chi connectivity index (χ1n) is 10.9. The van der Waals surface area contributed by atoms with E-state index < -0.39 is 12.3 Å². The average Bonchev–Trinajstić information content (AvgIpc) is 3.32. The van der Waals surface area contributed by atoms with Gasteiger partial charge in [-0.3, -0.25) is 4.79 Å². The molecule has 0 aliphatic carbocycles. The molecule has 2 heterocycles. The maximum Gasteiger partial charge on any atom is 0.573 e. The number of aromatic nitrogens is 5. The Morgan fingerprint density at radius 3 is 2.51 bits per heavy atom. The van der Waals surface area contributed by atoms with Crippen molar-refractivity contribution in [3.05, 3.63) is 83.9 Å². The fourth-order valence-electron chi connectivity index (χ4n) is 3.33. The zero-order valence-corrected chi connectivity index (χ0v) is 20.3. The number of hydrogen-bond donors (Lipinski definition) is 1. The van der Waals surface area contributed by atoms with Crippen molar-refractivity contribution in [3.63, 3.8) is 0 Å². The van der Waals surface area contributed by atoms with Crippen LogP contribution in [-0.4, -0.2) is 50.9 Å². The highest BCUT2D eigenvalue weighted by molar-refractivity contribution is 7.98. The number of benzene rings is 2. The molecule has 13 heteroatoms. The van der Waals surface area contributed by atoms with Crippen molar-refractivity contribution in [2.75, 3.05) is 13.7 Å². The standard InChI is InChI=1S/C24H21F3N6O3S/c1-35-19-5-2-4-16(14-19)10-13-28-22(34)21-20(15-37-23-29-11-3-12-30-23)33(32-31-21)17-6-8-18(9-7-17)36-24(25,26)27/h2-9,11-12,14H,10,13,15H2,1H3,(H,28,34). The fraction of sp³-hybridized carbons (Fsp3) is 0.208. The summed E-state index contributed by atoms with van der Waals surface area (Å²) in [7, 11) is 1.58. The second-order valence-corrected chi connectivity index (χ2v) is 8.46. The van der Waals surface area contributed by atoms with Gasteiger partial charge in [0.15, 0.2) is 10.9 Å². The Morgan fingerprint density at radius 1 is 1.05 bits per heavy atom. The molecule has 0 unspecified atom stereocenters. The van der Waals surface area contributed by atoms with Crippen LogP contribution in [0.25, 0.3) is 5.69 Å². The number of amides is 1. The Kier molecular flexibility index (Phi) is 8.23. The number of rotatable bonds is 10. The number of nitrogens with zero attached hydrogens (tertiary/aromatic N) is 5. The molecule has 1 amide bonds. The van der Waals surface area contributed by atoms with Gasteiger partial charge in [-0.2, -0.15) is 0 Å². The quantitative estimate of drug-likeness (QED) is 0.240. The molecule has 0 saturated heterocycles. The van der Waals surface area contributed by atoms with E-state index in [1.54, 1.807) is 25.6 Å². The van der Waals surface area contributed by atoms with E-state index in [4.69, 9.17) is 4.74 Å². The van der Waals surface area contributed by atoms with E-state index in [1.165, 1.54) is 28.6 Å². The van der Waals surface area contributed by atoms with Crippen molar-refractivity contribution in [3.8, 4) is 17.2 Å². The first-order chi connectivity index (χ1) is 17.8. The van der Waals surface area contributed by atoms with Crippen molar-refractivity contribution in [1.82, 2.24) is 30.3 Å². The number of carbonyl (C=O) groups excluding carboxylic acids is 1. The van der Waals surface area contributed by atoms with Gasteiger partial charge in [0.1, 0.15) is 11.5 Å². The number of carbonyl (C=O) groups is 1. The third kappa shape index (κ3) is 7.19. The Hall–Kier alpha value is -4.13. The minimum absolute atomic E-state index is 0.0877. The molecule has 0 aliphatic heterocycles. The molecule has 0 bridgehead atoms. The highest BCUT2D eigenvalue weighted by Gasteiger charge is 2.31. The number of alkyl halides is 3. The summed E-state index contributed by atoms with van der Waals surface area (Å²) in [4.78, 5) is 21.3. The molecule has 4 rings (SSSR count). The smallest absolute Gasteiger partial charge is 0.497 e. The maximum atomic E-state index is 13.0. The van der Waals surface area contributed by atoms with Gasteiger partial charge in [0, 0.05) is 24.7 Å². The van der Waals surface area contributed by atoms with Crippen LogP contribution in [0.2, 0.25) is 0 Å². The van der Waals surface area contributed by atoms with Crippen LogP contribution < -0.4 is 14.8 Å². The Labute approximate surface area is 214 Å². The predicted octanol–water partition coefficient (Wildman–Crippen LogP) is 4.23. The first-order valence-corrected chi connectivity index (χ1v) is 11.9. The molecule has 0 fully saturated rings. The monoisotopic (exact) mass is 530 g/mol. The minimum atomic E-state index is -4.80. The molecule has 192 valence electrons. The highest BCUT2D eigenvalue weighted by Crippen LogP contribution is 2.26. The lowest BCUT2D eigenvalue weighted by atomic mass is 10.1. The molecule has 0 spiro atoms. The molecule has 0 aliphatic rings. The summed E-state index contributed by atoms with van der Waals surface area (Å²) in [5.41, 5.74) is 1.91. The summed E-state index contributed by atoms with van der Waals surface area (Å²) in [5, 5.41) is 11.5. The molecule has 0 radical (unpaired) electrons. The van der Waals surface area contributed by atoms with Crippen LogP contribution in [0.3, 0.4) is 0 Å². The lowest BCUT2D eigenvalue weighted by Gasteiger charge is -2.11. The number of thioether (sulfide) groups is 1. The zero-order valence-electron chi connectivity index (χ0n) is 19.5. The van der Waals surface area contributed by atoms with Crippen molar-refractivity contribution >= 4 is 17.7 Å². The Balaban J connectivity index is 1.53. The summed E-state index contributed by atoms with van der Waals surface area (Å²) in [6, 6.07) is 14.3. The molecule has 4 aromatic rings. The maximum absolute atomic E-state index is 13.0. The predicted molar refractivity (Wildman–Crippen MR) is 129 cm³/mol. The topological polar surface area (TPSA) is 104 Å². The molecule has 2 aromatic heterocycles.